The van der Waals surface area contributed by atoms with E-state index in [-0.39, 0.29) is 24.0 Å². The van der Waals surface area contributed by atoms with Gasteiger partial charge >= 0.3 is 0 Å². The van der Waals surface area contributed by atoms with Gasteiger partial charge in [0, 0.05) is 19.1 Å². The molecule has 0 unspecified atom stereocenters. The lowest BCUT2D eigenvalue weighted by molar-refractivity contribution is -0.124. The third-order valence-electron chi connectivity index (χ3n) is 7.18. The predicted molar refractivity (Wildman–Crippen MR) is 127 cm³/mol. The molecule has 1 heterocycles. The van der Waals surface area contributed by atoms with Crippen molar-refractivity contribution in [2.45, 2.75) is 51.2 Å². The highest BCUT2D eigenvalue weighted by atomic mass is 16.2. The standard InChI is InChI=1S/C27H37N3O/c1-19(2)16-25(28-3)27(31)29-24-15-14-22-17-30(18-23(22)24)26(20-10-6-4-7-11-20)21-12-8-5-9-13-21/h4-13,19,22-26,28H,14-18H2,1-3H3,(H,29,31)/t22-,23+,24+,25-/m0/s1. The van der Waals surface area contributed by atoms with Crippen LogP contribution in [0.5, 0.6) is 0 Å². The molecule has 0 bridgehead atoms. The minimum atomic E-state index is -0.0991. The van der Waals surface area contributed by atoms with Gasteiger partial charge in [0.05, 0.1) is 12.1 Å². The van der Waals surface area contributed by atoms with Crippen LogP contribution >= 0.6 is 0 Å². The van der Waals surface area contributed by atoms with Gasteiger partial charge in [-0.2, -0.15) is 0 Å². The Labute approximate surface area is 187 Å². The molecule has 2 fully saturated rings. The minimum Gasteiger partial charge on any atom is -0.352 e. The highest BCUT2D eigenvalue weighted by Gasteiger charge is 2.45. The largest absolute Gasteiger partial charge is 0.352 e. The summed E-state index contributed by atoms with van der Waals surface area (Å²) in [4.78, 5) is 15.6. The molecule has 2 N–H and O–H groups in total. The second kappa shape index (κ2) is 9.97. The maximum atomic E-state index is 12.9. The van der Waals surface area contributed by atoms with E-state index in [0.29, 0.717) is 17.8 Å². The van der Waals surface area contributed by atoms with Gasteiger partial charge < -0.3 is 10.6 Å². The molecule has 1 aliphatic carbocycles. The number of hydrogen-bond donors (Lipinski definition) is 2. The summed E-state index contributed by atoms with van der Waals surface area (Å²) >= 11 is 0. The molecular weight excluding hydrogens is 382 g/mol. The number of nitrogens with one attached hydrogen (secondary N) is 2. The van der Waals surface area contributed by atoms with E-state index in [4.69, 9.17) is 0 Å². The summed E-state index contributed by atoms with van der Waals surface area (Å²) in [5.74, 6) is 1.87. The third-order valence-corrected chi connectivity index (χ3v) is 7.18. The molecule has 4 nitrogen and oxygen atoms in total. The lowest BCUT2D eigenvalue weighted by atomic mass is 9.96. The van der Waals surface area contributed by atoms with Crippen LogP contribution in [0.2, 0.25) is 0 Å². The van der Waals surface area contributed by atoms with Gasteiger partial charge in [0.1, 0.15) is 0 Å². The van der Waals surface area contributed by atoms with E-state index in [1.807, 2.05) is 7.05 Å². The number of amides is 1. The molecule has 31 heavy (non-hydrogen) atoms. The normalized spacial score (nSPS) is 24.5. The number of hydrogen-bond acceptors (Lipinski definition) is 3. The predicted octanol–water partition coefficient (Wildman–Crippen LogP) is 4.24. The van der Waals surface area contributed by atoms with E-state index < -0.39 is 0 Å². The first kappa shape index (κ1) is 22.0. The van der Waals surface area contributed by atoms with Crippen LogP contribution in [0.25, 0.3) is 0 Å². The third kappa shape index (κ3) is 5.02. The summed E-state index contributed by atoms with van der Waals surface area (Å²) < 4.78 is 0. The first-order valence-electron chi connectivity index (χ1n) is 11.9. The smallest absolute Gasteiger partial charge is 0.237 e. The van der Waals surface area contributed by atoms with Crippen molar-refractivity contribution in [1.29, 1.82) is 0 Å². The Morgan fingerprint density at radius 1 is 0.968 bits per heavy atom. The van der Waals surface area contributed by atoms with Gasteiger partial charge in [0.2, 0.25) is 5.91 Å². The highest BCUT2D eigenvalue weighted by molar-refractivity contribution is 5.82. The van der Waals surface area contributed by atoms with Crippen molar-refractivity contribution < 1.29 is 4.79 Å². The summed E-state index contributed by atoms with van der Waals surface area (Å²) in [6.07, 6.45) is 3.19. The van der Waals surface area contributed by atoms with E-state index in [2.05, 4.69) is 90.0 Å². The van der Waals surface area contributed by atoms with Crippen LogP contribution in [0.4, 0.5) is 0 Å². The summed E-state index contributed by atoms with van der Waals surface area (Å²) in [6, 6.07) is 22.2. The van der Waals surface area contributed by atoms with E-state index in [0.717, 1.165) is 25.9 Å². The molecule has 2 aromatic rings. The van der Waals surface area contributed by atoms with Crippen molar-refractivity contribution in [3.63, 3.8) is 0 Å². The molecule has 0 aromatic heterocycles. The molecule has 0 spiro atoms. The first-order chi connectivity index (χ1) is 15.1. The summed E-state index contributed by atoms with van der Waals surface area (Å²) in [7, 11) is 1.89. The number of carbonyl (C=O) groups excluding carboxylic acids is 1. The zero-order valence-electron chi connectivity index (χ0n) is 19.1. The van der Waals surface area contributed by atoms with Gasteiger partial charge in [-0.05, 0) is 55.2 Å². The second-order valence-corrected chi connectivity index (χ2v) is 9.76. The number of fused-ring (bicyclic) bond motifs is 1. The van der Waals surface area contributed by atoms with Crippen LogP contribution in [0.3, 0.4) is 0 Å². The van der Waals surface area contributed by atoms with Gasteiger partial charge in [-0.25, -0.2) is 0 Å². The van der Waals surface area contributed by atoms with Crippen molar-refractivity contribution >= 4 is 5.91 Å². The zero-order valence-corrected chi connectivity index (χ0v) is 19.1. The topological polar surface area (TPSA) is 44.4 Å². The lowest BCUT2D eigenvalue weighted by Crippen LogP contribution is -2.49. The van der Waals surface area contributed by atoms with Crippen LogP contribution in [-0.2, 0) is 4.79 Å². The monoisotopic (exact) mass is 419 g/mol. The fourth-order valence-electron chi connectivity index (χ4n) is 5.69. The Bertz CT molecular complexity index is 799. The van der Waals surface area contributed by atoms with Crippen molar-refractivity contribution in [3.8, 4) is 0 Å². The number of rotatable bonds is 8. The van der Waals surface area contributed by atoms with Gasteiger partial charge in [-0.15, -0.1) is 0 Å². The van der Waals surface area contributed by atoms with Crippen LogP contribution in [0.15, 0.2) is 60.7 Å². The van der Waals surface area contributed by atoms with Crippen molar-refractivity contribution in [2.75, 3.05) is 20.1 Å². The summed E-state index contributed by atoms with van der Waals surface area (Å²) in [5.41, 5.74) is 2.70. The Balaban J connectivity index is 1.48. The first-order valence-corrected chi connectivity index (χ1v) is 11.9. The average Bonchev–Trinajstić information content (AvgIpc) is 3.35. The Kier molecular flexibility index (Phi) is 7.09. The fourth-order valence-corrected chi connectivity index (χ4v) is 5.69. The van der Waals surface area contributed by atoms with Gasteiger partial charge in [-0.1, -0.05) is 74.5 Å². The van der Waals surface area contributed by atoms with Crippen LogP contribution in [0, 0.1) is 17.8 Å². The van der Waals surface area contributed by atoms with E-state index >= 15 is 0 Å². The number of likely N-dealkylation sites (N-methyl/N-ethyl adjacent to an activating group) is 1. The summed E-state index contributed by atoms with van der Waals surface area (Å²) in [6.45, 7) is 6.49. The van der Waals surface area contributed by atoms with Crippen LogP contribution in [0.1, 0.15) is 50.3 Å². The lowest BCUT2D eigenvalue weighted by Gasteiger charge is -2.30. The number of likely N-dealkylation sites (tertiary alicyclic amines) is 1. The molecule has 2 aromatic carbocycles. The van der Waals surface area contributed by atoms with Crippen LogP contribution < -0.4 is 10.6 Å². The number of benzene rings is 2. The highest BCUT2D eigenvalue weighted by Crippen LogP contribution is 2.43. The minimum absolute atomic E-state index is 0.0991. The maximum absolute atomic E-state index is 12.9. The molecule has 4 heteroatoms. The van der Waals surface area contributed by atoms with Crippen molar-refractivity contribution in [3.05, 3.63) is 71.8 Å². The fraction of sp³-hybridized carbons (Fsp3) is 0.519. The molecule has 2 aliphatic rings. The number of carbonyl (C=O) groups is 1. The zero-order chi connectivity index (χ0) is 21.8. The van der Waals surface area contributed by atoms with Crippen molar-refractivity contribution in [1.82, 2.24) is 15.5 Å². The molecule has 1 aliphatic heterocycles. The quantitative estimate of drug-likeness (QED) is 0.673. The number of nitrogens with zero attached hydrogens (tertiary/aromatic N) is 1. The Hall–Kier alpha value is -2.17. The molecular formula is C27H37N3O. The second-order valence-electron chi connectivity index (χ2n) is 9.76. The molecule has 4 rings (SSSR count). The Morgan fingerprint density at radius 2 is 1.58 bits per heavy atom. The summed E-state index contributed by atoms with van der Waals surface area (Å²) in [5, 5.41) is 6.63. The molecule has 1 saturated carbocycles. The molecule has 1 saturated heterocycles. The van der Waals surface area contributed by atoms with E-state index in [1.165, 1.54) is 17.5 Å². The van der Waals surface area contributed by atoms with E-state index in [9.17, 15) is 4.79 Å². The average molecular weight is 420 g/mol. The van der Waals surface area contributed by atoms with Gasteiger partial charge in [0.25, 0.3) is 0 Å². The van der Waals surface area contributed by atoms with Crippen molar-refractivity contribution in [2.24, 2.45) is 17.8 Å². The Morgan fingerprint density at radius 3 is 2.13 bits per heavy atom. The van der Waals surface area contributed by atoms with Gasteiger partial charge in [0.15, 0.2) is 0 Å². The van der Waals surface area contributed by atoms with Gasteiger partial charge in [-0.3, -0.25) is 9.69 Å². The molecule has 4 atom stereocenters. The SMILES string of the molecule is CN[C@@H](CC(C)C)C(=O)N[C@@H]1CC[C@H]2CN(C(c3ccccc3)c3ccccc3)C[C@H]21. The van der Waals surface area contributed by atoms with E-state index in [1.54, 1.807) is 0 Å². The molecule has 0 radical (unpaired) electrons. The maximum Gasteiger partial charge on any atom is 0.237 e. The molecule has 166 valence electrons. The van der Waals surface area contributed by atoms with Crippen LogP contribution in [-0.4, -0.2) is 43.0 Å². The molecule has 1 amide bonds.